The van der Waals surface area contributed by atoms with Crippen LogP contribution in [0.1, 0.15) is 17.0 Å². The van der Waals surface area contributed by atoms with E-state index in [2.05, 4.69) is 15.4 Å². The van der Waals surface area contributed by atoms with Crippen LogP contribution in [0.15, 0.2) is 28.8 Å². The molecular formula is C14H16FN3O. The Kier molecular flexibility index (Phi) is 3.21. The van der Waals surface area contributed by atoms with E-state index < -0.39 is 0 Å². The Morgan fingerprint density at radius 1 is 1.42 bits per heavy atom. The molecule has 1 aliphatic heterocycles. The van der Waals surface area contributed by atoms with Crippen molar-refractivity contribution in [3.8, 4) is 0 Å². The zero-order valence-corrected chi connectivity index (χ0v) is 10.8. The smallest absolute Gasteiger partial charge is 0.156 e. The van der Waals surface area contributed by atoms with Crippen molar-refractivity contribution in [2.45, 2.75) is 19.5 Å². The molecule has 0 saturated heterocycles. The third-order valence-electron chi connectivity index (χ3n) is 3.35. The van der Waals surface area contributed by atoms with Crippen LogP contribution in [0.5, 0.6) is 0 Å². The van der Waals surface area contributed by atoms with Crippen LogP contribution < -0.4 is 10.2 Å². The molecule has 1 aromatic carbocycles. The normalized spacial score (nSPS) is 13.9. The summed E-state index contributed by atoms with van der Waals surface area (Å²) in [5.74, 6) is 0.612. The zero-order chi connectivity index (χ0) is 13.2. The van der Waals surface area contributed by atoms with Crippen LogP contribution in [0.4, 0.5) is 10.1 Å². The molecule has 4 nitrogen and oxygen atoms in total. The molecule has 0 spiro atoms. The van der Waals surface area contributed by atoms with Crippen LogP contribution >= 0.6 is 0 Å². The lowest BCUT2D eigenvalue weighted by Gasteiger charge is -2.17. The van der Waals surface area contributed by atoms with E-state index in [9.17, 15) is 4.39 Å². The molecule has 5 heteroatoms. The first-order valence-electron chi connectivity index (χ1n) is 6.38. The van der Waals surface area contributed by atoms with Gasteiger partial charge >= 0.3 is 0 Å². The molecule has 100 valence electrons. The van der Waals surface area contributed by atoms with E-state index in [4.69, 9.17) is 4.52 Å². The molecule has 1 aliphatic rings. The summed E-state index contributed by atoms with van der Waals surface area (Å²) in [7, 11) is 1.87. The van der Waals surface area contributed by atoms with Gasteiger partial charge in [0.1, 0.15) is 5.82 Å². The van der Waals surface area contributed by atoms with Crippen molar-refractivity contribution < 1.29 is 8.91 Å². The Bertz CT molecular complexity index is 582. The second-order valence-corrected chi connectivity index (χ2v) is 4.76. The van der Waals surface area contributed by atoms with Crippen molar-refractivity contribution in [2.24, 2.45) is 0 Å². The molecule has 0 bridgehead atoms. The quantitative estimate of drug-likeness (QED) is 0.915. The maximum atomic E-state index is 13.3. The van der Waals surface area contributed by atoms with Crippen molar-refractivity contribution in [1.82, 2.24) is 10.5 Å². The fraction of sp³-hybridized carbons (Fsp3) is 0.357. The first-order valence-corrected chi connectivity index (χ1v) is 6.38. The van der Waals surface area contributed by atoms with Gasteiger partial charge in [-0.15, -0.1) is 0 Å². The highest BCUT2D eigenvalue weighted by molar-refractivity contribution is 5.58. The summed E-state index contributed by atoms with van der Waals surface area (Å²) in [5.41, 5.74) is 3.04. The van der Waals surface area contributed by atoms with Crippen molar-refractivity contribution in [2.75, 3.05) is 18.5 Å². The number of hydrogen-bond acceptors (Lipinski definition) is 4. The largest absolute Gasteiger partial charge is 0.363 e. The second kappa shape index (κ2) is 5.01. The van der Waals surface area contributed by atoms with Crippen molar-refractivity contribution in [3.05, 3.63) is 47.1 Å². The molecule has 0 radical (unpaired) electrons. The first kappa shape index (κ1) is 12.2. The third kappa shape index (κ3) is 2.46. The van der Waals surface area contributed by atoms with Gasteiger partial charge in [0.2, 0.25) is 0 Å². The van der Waals surface area contributed by atoms with Gasteiger partial charge in [0.25, 0.3) is 0 Å². The molecule has 0 amide bonds. The van der Waals surface area contributed by atoms with Crippen LogP contribution in [0.25, 0.3) is 0 Å². The number of fused-ring (bicyclic) bond motifs is 1. The molecule has 0 saturated carbocycles. The molecule has 0 atom stereocenters. The predicted octanol–water partition coefficient (Wildman–Crippen LogP) is 2.10. The molecule has 2 aromatic rings. The summed E-state index contributed by atoms with van der Waals surface area (Å²) in [6.45, 7) is 2.21. The van der Waals surface area contributed by atoms with Gasteiger partial charge in [-0.1, -0.05) is 11.2 Å². The molecule has 1 aromatic heterocycles. The average molecular weight is 261 g/mol. The number of aromatic nitrogens is 1. The Hall–Kier alpha value is -1.88. The topological polar surface area (TPSA) is 41.3 Å². The van der Waals surface area contributed by atoms with Gasteiger partial charge in [-0.05, 0) is 31.2 Å². The van der Waals surface area contributed by atoms with E-state index in [-0.39, 0.29) is 5.82 Å². The van der Waals surface area contributed by atoms with Crippen molar-refractivity contribution >= 4 is 5.69 Å². The van der Waals surface area contributed by atoms with Crippen LogP contribution in [0.3, 0.4) is 0 Å². The number of rotatable bonds is 4. The van der Waals surface area contributed by atoms with Crippen LogP contribution in [0, 0.1) is 5.82 Å². The maximum Gasteiger partial charge on any atom is 0.156 e. The minimum atomic E-state index is -0.195. The van der Waals surface area contributed by atoms with Gasteiger partial charge in [0.05, 0.1) is 12.2 Å². The molecule has 0 unspecified atom stereocenters. The molecule has 0 aliphatic carbocycles. The van der Waals surface area contributed by atoms with E-state index in [1.807, 2.05) is 19.2 Å². The summed E-state index contributed by atoms with van der Waals surface area (Å²) < 4.78 is 18.6. The predicted molar refractivity (Wildman–Crippen MR) is 70.4 cm³/mol. The number of nitrogens with zero attached hydrogens (tertiary/aromatic N) is 2. The van der Waals surface area contributed by atoms with Gasteiger partial charge in [-0.2, -0.15) is 0 Å². The second-order valence-electron chi connectivity index (χ2n) is 4.76. The summed E-state index contributed by atoms with van der Waals surface area (Å²) >= 11 is 0. The Labute approximate surface area is 111 Å². The zero-order valence-electron chi connectivity index (χ0n) is 10.8. The van der Waals surface area contributed by atoms with E-state index in [1.54, 1.807) is 6.07 Å². The fourth-order valence-electron chi connectivity index (χ4n) is 2.47. The Balaban J connectivity index is 1.76. The lowest BCUT2D eigenvalue weighted by Crippen LogP contribution is -2.19. The van der Waals surface area contributed by atoms with E-state index >= 15 is 0 Å². The van der Waals surface area contributed by atoms with E-state index in [1.165, 1.54) is 11.6 Å². The van der Waals surface area contributed by atoms with E-state index in [0.29, 0.717) is 13.1 Å². The molecule has 0 fully saturated rings. The van der Waals surface area contributed by atoms with Gasteiger partial charge < -0.3 is 14.7 Å². The van der Waals surface area contributed by atoms with Gasteiger partial charge in [-0.25, -0.2) is 4.39 Å². The minimum absolute atomic E-state index is 0.195. The first-order chi connectivity index (χ1) is 9.26. The minimum Gasteiger partial charge on any atom is -0.363 e. The third-order valence-corrected chi connectivity index (χ3v) is 3.35. The summed E-state index contributed by atoms with van der Waals surface area (Å²) in [4.78, 5) is 2.13. The molecule has 3 rings (SSSR count). The summed E-state index contributed by atoms with van der Waals surface area (Å²) in [6.07, 6.45) is 0.952. The van der Waals surface area contributed by atoms with Gasteiger partial charge in [0.15, 0.2) is 5.76 Å². The lowest BCUT2D eigenvalue weighted by molar-refractivity contribution is 0.374. The lowest BCUT2D eigenvalue weighted by atomic mass is 10.2. The van der Waals surface area contributed by atoms with Crippen LogP contribution in [-0.2, 0) is 19.5 Å². The average Bonchev–Trinajstić information content (AvgIpc) is 2.98. The molecular weight excluding hydrogens is 245 g/mol. The molecule has 19 heavy (non-hydrogen) atoms. The highest BCUT2D eigenvalue weighted by Crippen LogP contribution is 2.30. The monoisotopic (exact) mass is 261 g/mol. The Morgan fingerprint density at radius 2 is 2.32 bits per heavy atom. The van der Waals surface area contributed by atoms with Crippen LogP contribution in [0.2, 0.25) is 0 Å². The summed E-state index contributed by atoms with van der Waals surface area (Å²) in [5, 5.41) is 7.01. The van der Waals surface area contributed by atoms with Crippen molar-refractivity contribution in [1.29, 1.82) is 0 Å². The standard InChI is InChI=1S/C14H16FN3O/c1-16-8-12-7-13(19-17-12)9-18-5-4-10-2-3-11(15)6-14(10)18/h2-3,6-7,16H,4-5,8-9H2,1H3. The van der Waals surface area contributed by atoms with E-state index in [0.717, 1.165) is 30.1 Å². The number of anilines is 1. The highest BCUT2D eigenvalue weighted by Gasteiger charge is 2.21. The van der Waals surface area contributed by atoms with Crippen LogP contribution in [-0.4, -0.2) is 18.7 Å². The highest BCUT2D eigenvalue weighted by atomic mass is 19.1. The van der Waals surface area contributed by atoms with Crippen molar-refractivity contribution in [3.63, 3.8) is 0 Å². The molecule has 1 N–H and O–H groups in total. The fourth-order valence-corrected chi connectivity index (χ4v) is 2.47. The number of halogens is 1. The van der Waals surface area contributed by atoms with Gasteiger partial charge in [0, 0.05) is 24.8 Å². The summed E-state index contributed by atoms with van der Waals surface area (Å²) in [6, 6.07) is 6.90. The number of nitrogens with one attached hydrogen (secondary N) is 1. The number of benzene rings is 1. The molecule has 2 heterocycles. The van der Waals surface area contributed by atoms with Gasteiger partial charge in [-0.3, -0.25) is 0 Å². The Morgan fingerprint density at radius 3 is 3.16 bits per heavy atom. The maximum absolute atomic E-state index is 13.3. The SMILES string of the molecule is CNCc1cc(CN2CCc3ccc(F)cc32)on1. The number of hydrogen-bond donors (Lipinski definition) is 1.